The standard InChI is InChI=1S/C51H96O8/c1-5-9-11-13-16-23-31-39-47(59-49(53)8-4)41-33-25-21-27-35-43-51(55)57-45-37-29-20-15-19-28-36-44-56-50(54)42-34-26-18-17-24-32-40-46(58-48(52)7-3)38-30-22-14-12-10-6-2/h46-47H,5-45H2,1-4H3. The van der Waals surface area contributed by atoms with Crippen molar-refractivity contribution >= 4 is 23.9 Å². The van der Waals surface area contributed by atoms with Crippen LogP contribution in [0.1, 0.15) is 278 Å². The third kappa shape index (κ3) is 42.4. The number of carbonyl (C=O) groups excluding carboxylic acids is 4. The fraction of sp³-hybridized carbons (Fsp3) is 0.922. The van der Waals surface area contributed by atoms with Gasteiger partial charge in [-0.1, -0.05) is 175 Å². The number of ether oxygens (including phenoxy) is 4. The summed E-state index contributed by atoms with van der Waals surface area (Å²) in [7, 11) is 0. The monoisotopic (exact) mass is 837 g/mol. The molecule has 0 spiro atoms. The van der Waals surface area contributed by atoms with Crippen molar-refractivity contribution in [3.63, 3.8) is 0 Å². The third-order valence-electron chi connectivity index (χ3n) is 11.6. The van der Waals surface area contributed by atoms with E-state index in [1.807, 2.05) is 13.8 Å². The molecule has 0 aliphatic rings. The minimum Gasteiger partial charge on any atom is -0.466 e. The molecule has 0 bridgehead atoms. The number of esters is 4. The van der Waals surface area contributed by atoms with E-state index in [9.17, 15) is 19.2 Å². The topological polar surface area (TPSA) is 105 Å². The molecular weight excluding hydrogens is 741 g/mol. The molecule has 8 nitrogen and oxygen atoms in total. The van der Waals surface area contributed by atoms with Crippen LogP contribution >= 0.6 is 0 Å². The molecule has 0 aliphatic carbocycles. The van der Waals surface area contributed by atoms with Crippen LogP contribution in [-0.2, 0) is 38.1 Å². The van der Waals surface area contributed by atoms with Gasteiger partial charge in [-0.15, -0.1) is 0 Å². The van der Waals surface area contributed by atoms with Gasteiger partial charge in [-0.05, 0) is 77.0 Å². The summed E-state index contributed by atoms with van der Waals surface area (Å²) in [5.41, 5.74) is 0. The smallest absolute Gasteiger partial charge is 0.305 e. The number of hydrogen-bond donors (Lipinski definition) is 0. The van der Waals surface area contributed by atoms with Crippen LogP contribution in [0.3, 0.4) is 0 Å². The molecule has 0 aromatic heterocycles. The van der Waals surface area contributed by atoms with Crippen molar-refractivity contribution in [2.75, 3.05) is 13.2 Å². The second kappa shape index (κ2) is 45.4. The Balaban J connectivity index is 3.64. The largest absolute Gasteiger partial charge is 0.466 e. The first-order valence-electron chi connectivity index (χ1n) is 25.6. The summed E-state index contributed by atoms with van der Waals surface area (Å²) >= 11 is 0. The van der Waals surface area contributed by atoms with Gasteiger partial charge in [-0.25, -0.2) is 0 Å². The van der Waals surface area contributed by atoms with Crippen LogP contribution in [0.25, 0.3) is 0 Å². The van der Waals surface area contributed by atoms with Crippen molar-refractivity contribution in [1.82, 2.24) is 0 Å². The van der Waals surface area contributed by atoms with Crippen molar-refractivity contribution in [2.45, 2.75) is 290 Å². The van der Waals surface area contributed by atoms with E-state index in [1.54, 1.807) is 0 Å². The van der Waals surface area contributed by atoms with E-state index in [0.29, 0.717) is 38.9 Å². The maximum Gasteiger partial charge on any atom is 0.305 e. The summed E-state index contributed by atoms with van der Waals surface area (Å²) in [6.07, 6.45) is 41.5. The lowest BCUT2D eigenvalue weighted by Crippen LogP contribution is -2.17. The fourth-order valence-corrected chi connectivity index (χ4v) is 7.67. The summed E-state index contributed by atoms with van der Waals surface area (Å²) in [4.78, 5) is 48.0. The van der Waals surface area contributed by atoms with E-state index in [-0.39, 0.29) is 36.1 Å². The molecule has 2 unspecified atom stereocenters. The lowest BCUT2D eigenvalue weighted by molar-refractivity contribution is -0.150. The highest BCUT2D eigenvalue weighted by molar-refractivity contribution is 5.70. The van der Waals surface area contributed by atoms with Crippen LogP contribution in [0.4, 0.5) is 0 Å². The van der Waals surface area contributed by atoms with Gasteiger partial charge in [-0.3, -0.25) is 19.2 Å². The molecule has 0 fully saturated rings. The molecule has 0 N–H and O–H groups in total. The minimum atomic E-state index is -0.0820. The van der Waals surface area contributed by atoms with Crippen LogP contribution in [0.5, 0.6) is 0 Å². The van der Waals surface area contributed by atoms with Crippen molar-refractivity contribution in [3.8, 4) is 0 Å². The molecule has 348 valence electrons. The SMILES string of the molecule is CCCCCCCCCC(CCCCCCCC(=O)OCCCCCCCCCOC(=O)CCCCCCCCC(CCCCCCCC)OC(=O)CC)OC(=O)CC. The number of carbonyl (C=O) groups is 4. The molecule has 0 amide bonds. The zero-order valence-corrected chi connectivity index (χ0v) is 39.4. The summed E-state index contributed by atoms with van der Waals surface area (Å²) in [5.74, 6) is -0.302. The second-order valence-corrected chi connectivity index (χ2v) is 17.3. The van der Waals surface area contributed by atoms with Crippen molar-refractivity contribution < 1.29 is 38.1 Å². The molecule has 0 saturated carbocycles. The van der Waals surface area contributed by atoms with Crippen LogP contribution in [0.15, 0.2) is 0 Å². The number of hydrogen-bond acceptors (Lipinski definition) is 8. The Hall–Kier alpha value is -2.12. The Bertz CT molecular complexity index is 952. The van der Waals surface area contributed by atoms with Gasteiger partial charge in [0.1, 0.15) is 12.2 Å². The molecular formula is C51H96O8. The number of rotatable bonds is 46. The first-order valence-corrected chi connectivity index (χ1v) is 25.6. The van der Waals surface area contributed by atoms with E-state index in [4.69, 9.17) is 18.9 Å². The predicted octanol–water partition coefficient (Wildman–Crippen LogP) is 15.2. The van der Waals surface area contributed by atoms with Gasteiger partial charge in [-0.2, -0.15) is 0 Å². The second-order valence-electron chi connectivity index (χ2n) is 17.3. The summed E-state index contributed by atoms with van der Waals surface area (Å²) in [6, 6.07) is 0. The lowest BCUT2D eigenvalue weighted by atomic mass is 10.0. The van der Waals surface area contributed by atoms with Gasteiger partial charge < -0.3 is 18.9 Å². The van der Waals surface area contributed by atoms with Crippen LogP contribution in [0, 0.1) is 0 Å². The van der Waals surface area contributed by atoms with Crippen LogP contribution < -0.4 is 0 Å². The molecule has 0 saturated heterocycles. The predicted molar refractivity (Wildman–Crippen MR) is 244 cm³/mol. The zero-order valence-electron chi connectivity index (χ0n) is 39.4. The quantitative estimate of drug-likeness (QED) is 0.0339. The van der Waals surface area contributed by atoms with Gasteiger partial charge in [0.2, 0.25) is 0 Å². The van der Waals surface area contributed by atoms with Gasteiger partial charge in [0.25, 0.3) is 0 Å². The highest BCUT2D eigenvalue weighted by atomic mass is 16.5. The molecule has 0 rings (SSSR count). The van der Waals surface area contributed by atoms with Gasteiger partial charge >= 0.3 is 23.9 Å². The Kier molecular flexibility index (Phi) is 43.8. The highest BCUT2D eigenvalue weighted by Crippen LogP contribution is 2.20. The van der Waals surface area contributed by atoms with Gasteiger partial charge in [0, 0.05) is 25.7 Å². The normalized spacial score (nSPS) is 12.3. The van der Waals surface area contributed by atoms with E-state index >= 15 is 0 Å². The summed E-state index contributed by atoms with van der Waals surface area (Å²) in [5, 5.41) is 0. The Morgan fingerprint density at radius 3 is 0.847 bits per heavy atom. The molecule has 2 atom stereocenters. The first-order chi connectivity index (χ1) is 28.9. The summed E-state index contributed by atoms with van der Waals surface area (Å²) < 4.78 is 22.3. The van der Waals surface area contributed by atoms with Crippen LogP contribution in [0.2, 0.25) is 0 Å². The lowest BCUT2D eigenvalue weighted by Gasteiger charge is -2.17. The Labute approximate surface area is 364 Å². The molecule has 0 aliphatic heterocycles. The zero-order chi connectivity index (χ0) is 43.3. The van der Waals surface area contributed by atoms with Gasteiger partial charge in [0.05, 0.1) is 13.2 Å². The highest BCUT2D eigenvalue weighted by Gasteiger charge is 2.14. The molecule has 0 aromatic carbocycles. The first kappa shape index (κ1) is 56.9. The third-order valence-corrected chi connectivity index (χ3v) is 11.6. The molecule has 0 aromatic rings. The van der Waals surface area contributed by atoms with Gasteiger partial charge in [0.15, 0.2) is 0 Å². The molecule has 0 heterocycles. The van der Waals surface area contributed by atoms with Crippen molar-refractivity contribution in [2.24, 2.45) is 0 Å². The van der Waals surface area contributed by atoms with Crippen LogP contribution in [-0.4, -0.2) is 49.3 Å². The Morgan fingerprint density at radius 2 is 0.559 bits per heavy atom. The average Bonchev–Trinajstić information content (AvgIpc) is 3.23. The Morgan fingerprint density at radius 1 is 0.305 bits per heavy atom. The summed E-state index contributed by atoms with van der Waals surface area (Å²) in [6.45, 7) is 9.25. The average molecular weight is 837 g/mol. The van der Waals surface area contributed by atoms with E-state index in [2.05, 4.69) is 13.8 Å². The number of unbranched alkanes of at least 4 members (excludes halogenated alkanes) is 26. The molecule has 8 heteroatoms. The minimum absolute atomic E-state index is 0.0591. The van der Waals surface area contributed by atoms with E-state index in [0.717, 1.165) is 154 Å². The molecule has 59 heavy (non-hydrogen) atoms. The van der Waals surface area contributed by atoms with E-state index in [1.165, 1.54) is 70.6 Å². The molecule has 0 radical (unpaired) electrons. The van der Waals surface area contributed by atoms with Crippen molar-refractivity contribution in [1.29, 1.82) is 0 Å². The van der Waals surface area contributed by atoms with Crippen molar-refractivity contribution in [3.05, 3.63) is 0 Å². The maximum absolute atomic E-state index is 12.1. The fourth-order valence-electron chi connectivity index (χ4n) is 7.67. The van der Waals surface area contributed by atoms with E-state index < -0.39 is 0 Å². The maximum atomic E-state index is 12.1.